The molecule has 1 aliphatic heterocycles. The minimum absolute atomic E-state index is 0.0109. The molecule has 3 aromatic carbocycles. The van der Waals surface area contributed by atoms with Gasteiger partial charge in [-0.05, 0) is 41.8 Å². The zero-order valence-corrected chi connectivity index (χ0v) is 19.0. The number of hydrogen-bond acceptors (Lipinski definition) is 4. The van der Waals surface area contributed by atoms with Crippen LogP contribution >= 0.6 is 0 Å². The summed E-state index contributed by atoms with van der Waals surface area (Å²) in [7, 11) is 0. The molecule has 1 atom stereocenters. The second kappa shape index (κ2) is 10.9. The van der Waals surface area contributed by atoms with E-state index in [4.69, 9.17) is 4.74 Å². The van der Waals surface area contributed by atoms with Crippen LogP contribution in [0, 0.1) is 0 Å². The quantitative estimate of drug-likeness (QED) is 0.434. The number of halogens is 3. The first kappa shape index (κ1) is 24.7. The molecule has 4 nitrogen and oxygen atoms in total. The summed E-state index contributed by atoms with van der Waals surface area (Å²) < 4.78 is 44.2. The summed E-state index contributed by atoms with van der Waals surface area (Å²) in [5, 5.41) is 10.5. The van der Waals surface area contributed by atoms with Crippen LogP contribution in [0.3, 0.4) is 0 Å². The minimum Gasteiger partial charge on any atom is -0.490 e. The van der Waals surface area contributed by atoms with Gasteiger partial charge in [0, 0.05) is 25.2 Å². The largest absolute Gasteiger partial charge is 0.490 e. The molecule has 4 rings (SSSR count). The van der Waals surface area contributed by atoms with Crippen molar-refractivity contribution in [2.45, 2.75) is 18.7 Å². The maximum atomic E-state index is 12.9. The molecule has 0 bridgehead atoms. The lowest BCUT2D eigenvalue weighted by Crippen LogP contribution is -2.38. The molecular weight excluding hydrogens is 455 g/mol. The van der Waals surface area contributed by atoms with Crippen LogP contribution in [0.1, 0.15) is 33.5 Å². The second-order valence-corrected chi connectivity index (χ2v) is 8.47. The Kier molecular flexibility index (Phi) is 7.68. The smallest absolute Gasteiger partial charge is 0.416 e. The molecule has 0 spiro atoms. The highest BCUT2D eigenvalue weighted by atomic mass is 19.4. The summed E-state index contributed by atoms with van der Waals surface area (Å²) in [4.78, 5) is 15.0. The van der Waals surface area contributed by atoms with E-state index in [-0.39, 0.29) is 23.5 Å². The maximum absolute atomic E-state index is 12.9. The first-order valence-corrected chi connectivity index (χ1v) is 11.4. The van der Waals surface area contributed by atoms with Crippen molar-refractivity contribution in [3.8, 4) is 5.75 Å². The predicted molar refractivity (Wildman–Crippen MR) is 128 cm³/mol. The van der Waals surface area contributed by atoms with Gasteiger partial charge in [-0.25, -0.2) is 0 Å². The van der Waals surface area contributed by atoms with E-state index in [1.165, 1.54) is 11.1 Å². The Bertz CT molecular complexity index is 1170. The zero-order chi connectivity index (χ0) is 24.8. The lowest BCUT2D eigenvalue weighted by Gasteiger charge is -2.28. The number of hydrogen-bond donors (Lipinski definition) is 1. The lowest BCUT2D eigenvalue weighted by atomic mass is 9.99. The molecule has 0 radical (unpaired) electrons. The molecule has 3 aromatic rings. The number of aliphatic hydroxyl groups excluding tert-OH is 1. The standard InChI is InChI=1S/C28H26F3NO3/c29-28(30,31)23-12-10-22(11-13-23)27(34)25-8-4-5-9-26(25)35-19-24(33)18-32-16-14-21(15-17-32)20-6-2-1-3-7-20/h1-14,24,33H,15-19H2. The Labute approximate surface area is 202 Å². The topological polar surface area (TPSA) is 49.8 Å². The fourth-order valence-corrected chi connectivity index (χ4v) is 4.07. The van der Waals surface area contributed by atoms with Gasteiger partial charge in [-0.1, -0.05) is 60.7 Å². The summed E-state index contributed by atoms with van der Waals surface area (Å²) in [5.74, 6) is -0.167. The van der Waals surface area contributed by atoms with Crippen molar-refractivity contribution in [3.63, 3.8) is 0 Å². The van der Waals surface area contributed by atoms with Crippen molar-refractivity contribution >= 4 is 11.4 Å². The number of benzene rings is 3. The van der Waals surface area contributed by atoms with Gasteiger partial charge in [0.15, 0.2) is 5.78 Å². The molecule has 0 fully saturated rings. The van der Waals surface area contributed by atoms with E-state index in [0.717, 1.165) is 43.8 Å². The highest BCUT2D eigenvalue weighted by Gasteiger charge is 2.30. The van der Waals surface area contributed by atoms with Gasteiger partial charge in [-0.2, -0.15) is 13.2 Å². The van der Waals surface area contributed by atoms with E-state index in [1.807, 2.05) is 18.2 Å². The zero-order valence-electron chi connectivity index (χ0n) is 19.0. The van der Waals surface area contributed by atoms with Crippen LogP contribution in [0.15, 0.2) is 84.9 Å². The van der Waals surface area contributed by atoms with Crippen LogP contribution in [-0.4, -0.2) is 48.1 Å². The fraction of sp³-hybridized carbons (Fsp3) is 0.250. The van der Waals surface area contributed by atoms with E-state index < -0.39 is 23.6 Å². The van der Waals surface area contributed by atoms with E-state index in [9.17, 15) is 23.1 Å². The van der Waals surface area contributed by atoms with Crippen molar-refractivity contribution < 1.29 is 27.8 Å². The molecule has 0 saturated heterocycles. The van der Waals surface area contributed by atoms with Gasteiger partial charge in [-0.15, -0.1) is 0 Å². The van der Waals surface area contributed by atoms with Crippen LogP contribution in [0.2, 0.25) is 0 Å². The maximum Gasteiger partial charge on any atom is 0.416 e. The monoisotopic (exact) mass is 481 g/mol. The molecule has 35 heavy (non-hydrogen) atoms. The summed E-state index contributed by atoms with van der Waals surface area (Å²) in [5.41, 5.74) is 2.05. The van der Waals surface area contributed by atoms with Gasteiger partial charge in [0.05, 0.1) is 11.1 Å². The molecule has 1 aliphatic rings. The van der Waals surface area contributed by atoms with Crippen molar-refractivity contribution in [3.05, 3.63) is 107 Å². The summed E-state index contributed by atoms with van der Waals surface area (Å²) in [6.45, 7) is 1.96. The normalized spacial score (nSPS) is 15.4. The number of para-hydroxylation sites is 1. The van der Waals surface area contributed by atoms with Gasteiger partial charge >= 0.3 is 6.18 Å². The molecule has 0 aliphatic carbocycles. The first-order chi connectivity index (χ1) is 16.8. The number of ether oxygens (including phenoxy) is 1. The third kappa shape index (κ3) is 6.38. The molecule has 7 heteroatoms. The number of carbonyl (C=O) groups is 1. The number of carbonyl (C=O) groups excluding carboxylic acids is 1. The van der Waals surface area contributed by atoms with E-state index in [1.54, 1.807) is 24.3 Å². The molecular formula is C28H26F3NO3. The summed E-state index contributed by atoms with van der Waals surface area (Å²) in [6, 6.07) is 20.8. The highest BCUT2D eigenvalue weighted by molar-refractivity contribution is 6.10. The Morgan fingerprint density at radius 1 is 0.971 bits per heavy atom. The number of alkyl halides is 3. The molecule has 1 heterocycles. The Morgan fingerprint density at radius 2 is 1.66 bits per heavy atom. The van der Waals surface area contributed by atoms with Crippen molar-refractivity contribution in [1.29, 1.82) is 0 Å². The van der Waals surface area contributed by atoms with Gasteiger partial charge < -0.3 is 9.84 Å². The van der Waals surface area contributed by atoms with Gasteiger partial charge in [0.1, 0.15) is 18.5 Å². The Balaban J connectivity index is 1.34. The SMILES string of the molecule is O=C(c1ccc(C(F)(F)F)cc1)c1ccccc1OCC(O)CN1CC=C(c2ccccc2)CC1. The molecule has 1 unspecified atom stereocenters. The Hall–Kier alpha value is -3.42. The van der Waals surface area contributed by atoms with Crippen molar-refractivity contribution in [2.75, 3.05) is 26.2 Å². The number of aliphatic hydroxyl groups is 1. The van der Waals surface area contributed by atoms with E-state index in [0.29, 0.717) is 6.54 Å². The first-order valence-electron chi connectivity index (χ1n) is 11.4. The number of nitrogens with zero attached hydrogens (tertiary/aromatic N) is 1. The molecule has 0 saturated carbocycles. The van der Waals surface area contributed by atoms with Gasteiger partial charge in [0.2, 0.25) is 0 Å². The highest BCUT2D eigenvalue weighted by Crippen LogP contribution is 2.30. The van der Waals surface area contributed by atoms with Crippen LogP contribution in [-0.2, 0) is 6.18 Å². The average molecular weight is 482 g/mol. The second-order valence-electron chi connectivity index (χ2n) is 8.47. The van der Waals surface area contributed by atoms with E-state index in [2.05, 4.69) is 23.1 Å². The third-order valence-electron chi connectivity index (χ3n) is 5.94. The number of ketones is 1. The molecule has 0 amide bonds. The fourth-order valence-electron chi connectivity index (χ4n) is 4.07. The molecule has 182 valence electrons. The van der Waals surface area contributed by atoms with E-state index >= 15 is 0 Å². The third-order valence-corrected chi connectivity index (χ3v) is 5.94. The predicted octanol–water partition coefficient (Wildman–Crippen LogP) is 5.47. The number of β-amino-alcohol motifs (C(OH)–C–C–N with tert-alkyl or cyclic N) is 1. The van der Waals surface area contributed by atoms with Crippen molar-refractivity contribution in [1.82, 2.24) is 4.90 Å². The van der Waals surface area contributed by atoms with Crippen LogP contribution in [0.4, 0.5) is 13.2 Å². The molecule has 0 aromatic heterocycles. The van der Waals surface area contributed by atoms with Crippen LogP contribution < -0.4 is 4.74 Å². The lowest BCUT2D eigenvalue weighted by molar-refractivity contribution is -0.137. The minimum atomic E-state index is -4.47. The molecule has 1 N–H and O–H groups in total. The number of rotatable bonds is 8. The van der Waals surface area contributed by atoms with Crippen LogP contribution in [0.25, 0.3) is 5.57 Å². The summed E-state index contributed by atoms with van der Waals surface area (Å²) >= 11 is 0. The van der Waals surface area contributed by atoms with Crippen LogP contribution in [0.5, 0.6) is 5.75 Å². The van der Waals surface area contributed by atoms with Crippen molar-refractivity contribution in [2.24, 2.45) is 0 Å². The van der Waals surface area contributed by atoms with Gasteiger partial charge in [-0.3, -0.25) is 9.69 Å². The average Bonchev–Trinajstić information content (AvgIpc) is 2.88. The summed E-state index contributed by atoms with van der Waals surface area (Å²) in [6.07, 6.45) is -2.17. The van der Waals surface area contributed by atoms with Gasteiger partial charge in [0.25, 0.3) is 0 Å². The Morgan fingerprint density at radius 3 is 2.31 bits per heavy atom.